The molecule has 0 aliphatic rings. The van der Waals surface area contributed by atoms with Crippen LogP contribution in [-0.4, -0.2) is 7.11 Å². The van der Waals surface area contributed by atoms with E-state index in [1.165, 1.54) is 5.56 Å². The van der Waals surface area contributed by atoms with Crippen LogP contribution in [0.15, 0.2) is 48.5 Å². The molecule has 1 unspecified atom stereocenters. The molecule has 3 heteroatoms. The van der Waals surface area contributed by atoms with Crippen molar-refractivity contribution in [1.29, 1.82) is 5.26 Å². The molecular weight excluding hydrogens is 260 g/mol. The second-order valence-electron chi connectivity index (χ2n) is 4.89. The summed E-state index contributed by atoms with van der Waals surface area (Å²) in [5.41, 5.74) is 2.59. The van der Waals surface area contributed by atoms with Crippen LogP contribution >= 0.6 is 0 Å². The molecule has 0 aliphatic heterocycles. The first kappa shape index (κ1) is 14.9. The van der Waals surface area contributed by atoms with Gasteiger partial charge in [-0.05, 0) is 24.1 Å². The lowest BCUT2D eigenvalue weighted by Gasteiger charge is -2.22. The molecule has 0 saturated heterocycles. The van der Waals surface area contributed by atoms with Gasteiger partial charge in [0.25, 0.3) is 0 Å². The first-order valence-electron chi connectivity index (χ1n) is 7.18. The van der Waals surface area contributed by atoms with Crippen molar-refractivity contribution in [3.8, 4) is 11.8 Å². The molecule has 0 aliphatic carbocycles. The third-order valence-corrected chi connectivity index (χ3v) is 3.46. The molecule has 108 valence electrons. The summed E-state index contributed by atoms with van der Waals surface area (Å²) in [7, 11) is 1.62. The maximum atomic E-state index is 9.31. The second-order valence-corrected chi connectivity index (χ2v) is 4.89. The Morgan fingerprint density at radius 1 is 1.14 bits per heavy atom. The second kappa shape index (κ2) is 7.35. The third-order valence-electron chi connectivity index (χ3n) is 3.46. The monoisotopic (exact) mass is 280 g/mol. The summed E-state index contributed by atoms with van der Waals surface area (Å²) in [5.74, 6) is 0.700. The molecule has 0 radical (unpaired) electrons. The van der Waals surface area contributed by atoms with Gasteiger partial charge in [0, 0.05) is 0 Å². The molecular formula is C18H20N2O. The van der Waals surface area contributed by atoms with Gasteiger partial charge in [-0.2, -0.15) is 5.26 Å². The Bertz CT molecular complexity index is 617. The van der Waals surface area contributed by atoms with E-state index in [9.17, 15) is 5.26 Å². The average Bonchev–Trinajstić information content (AvgIpc) is 2.55. The fraction of sp³-hybridized carbons (Fsp3) is 0.278. The number of ether oxygens (including phenoxy) is 1. The summed E-state index contributed by atoms with van der Waals surface area (Å²) in [4.78, 5) is 0. The predicted octanol–water partition coefficient (Wildman–Crippen LogP) is 4.52. The van der Waals surface area contributed by atoms with E-state index in [0.717, 1.165) is 18.5 Å². The van der Waals surface area contributed by atoms with Crippen molar-refractivity contribution in [2.45, 2.75) is 25.8 Å². The van der Waals surface area contributed by atoms with Crippen LogP contribution in [0.5, 0.6) is 5.75 Å². The van der Waals surface area contributed by atoms with E-state index in [1.54, 1.807) is 13.2 Å². The van der Waals surface area contributed by atoms with Gasteiger partial charge in [-0.15, -0.1) is 0 Å². The number of anilines is 1. The number of hydrogen-bond donors (Lipinski definition) is 1. The normalized spacial score (nSPS) is 11.5. The lowest BCUT2D eigenvalue weighted by Crippen LogP contribution is -2.12. The van der Waals surface area contributed by atoms with Crippen LogP contribution < -0.4 is 10.1 Å². The van der Waals surface area contributed by atoms with E-state index in [0.29, 0.717) is 11.3 Å². The van der Waals surface area contributed by atoms with Crippen LogP contribution in [0.2, 0.25) is 0 Å². The van der Waals surface area contributed by atoms with Gasteiger partial charge in [0.2, 0.25) is 0 Å². The molecule has 2 rings (SSSR count). The van der Waals surface area contributed by atoms with Gasteiger partial charge in [-0.3, -0.25) is 0 Å². The van der Waals surface area contributed by atoms with Crippen molar-refractivity contribution in [3.05, 3.63) is 59.7 Å². The molecule has 1 N–H and O–H groups in total. The Morgan fingerprint density at radius 2 is 1.90 bits per heavy atom. The maximum absolute atomic E-state index is 9.31. The molecule has 0 spiro atoms. The van der Waals surface area contributed by atoms with Crippen LogP contribution in [0.1, 0.15) is 36.9 Å². The van der Waals surface area contributed by atoms with Crippen LogP contribution in [-0.2, 0) is 0 Å². The first-order valence-corrected chi connectivity index (χ1v) is 7.18. The highest BCUT2D eigenvalue weighted by Crippen LogP contribution is 2.33. The maximum Gasteiger partial charge on any atom is 0.143 e. The highest BCUT2D eigenvalue weighted by atomic mass is 16.5. The number of hydrogen-bond acceptors (Lipinski definition) is 3. The van der Waals surface area contributed by atoms with E-state index in [2.05, 4.69) is 30.4 Å². The lowest BCUT2D eigenvalue weighted by atomic mass is 10.0. The van der Waals surface area contributed by atoms with Gasteiger partial charge in [0.1, 0.15) is 11.8 Å². The van der Waals surface area contributed by atoms with Crippen molar-refractivity contribution in [1.82, 2.24) is 0 Å². The largest absolute Gasteiger partial charge is 0.495 e. The van der Waals surface area contributed by atoms with E-state index in [4.69, 9.17) is 4.74 Å². The number of methoxy groups -OCH3 is 1. The molecule has 0 aromatic heterocycles. The Hall–Kier alpha value is -2.47. The van der Waals surface area contributed by atoms with Gasteiger partial charge >= 0.3 is 0 Å². The summed E-state index contributed by atoms with van der Waals surface area (Å²) in [5, 5.41) is 12.8. The molecule has 0 heterocycles. The van der Waals surface area contributed by atoms with Crippen LogP contribution in [0.25, 0.3) is 0 Å². The van der Waals surface area contributed by atoms with Crippen molar-refractivity contribution >= 4 is 5.69 Å². The minimum absolute atomic E-state index is 0.166. The van der Waals surface area contributed by atoms with E-state index in [-0.39, 0.29) is 6.04 Å². The molecule has 21 heavy (non-hydrogen) atoms. The van der Waals surface area contributed by atoms with E-state index < -0.39 is 0 Å². The summed E-state index contributed by atoms with van der Waals surface area (Å²) >= 11 is 0. The zero-order valence-electron chi connectivity index (χ0n) is 12.5. The number of nitrogens with zero attached hydrogens (tertiary/aromatic N) is 1. The Kier molecular flexibility index (Phi) is 5.22. The van der Waals surface area contributed by atoms with Crippen LogP contribution in [0.4, 0.5) is 5.69 Å². The predicted molar refractivity (Wildman–Crippen MR) is 85.4 cm³/mol. The Balaban J connectivity index is 2.36. The molecule has 2 aromatic rings. The molecule has 0 bridgehead atoms. The van der Waals surface area contributed by atoms with Gasteiger partial charge in [-0.1, -0.05) is 49.7 Å². The number of para-hydroxylation sites is 1. The highest BCUT2D eigenvalue weighted by molar-refractivity contribution is 5.67. The van der Waals surface area contributed by atoms with Gasteiger partial charge in [0.15, 0.2) is 0 Å². The van der Waals surface area contributed by atoms with Crippen LogP contribution in [0.3, 0.4) is 0 Å². The summed E-state index contributed by atoms with van der Waals surface area (Å²) in [6.45, 7) is 2.16. The van der Waals surface area contributed by atoms with E-state index >= 15 is 0 Å². The Labute approximate surface area is 126 Å². The zero-order chi connectivity index (χ0) is 15.1. The number of nitrogens with one attached hydrogen (secondary N) is 1. The molecule has 2 aromatic carbocycles. The molecule has 0 fully saturated rings. The SMILES string of the molecule is CCCC(Nc1c(C#N)cccc1OC)c1ccccc1. The number of nitriles is 1. The van der Waals surface area contributed by atoms with Crippen molar-refractivity contribution in [2.24, 2.45) is 0 Å². The fourth-order valence-corrected chi connectivity index (χ4v) is 2.41. The van der Waals surface area contributed by atoms with Crippen molar-refractivity contribution < 1.29 is 4.74 Å². The fourth-order valence-electron chi connectivity index (χ4n) is 2.41. The summed E-state index contributed by atoms with van der Waals surface area (Å²) in [6, 6.07) is 18.2. The third kappa shape index (κ3) is 3.55. The van der Waals surface area contributed by atoms with E-state index in [1.807, 2.05) is 30.3 Å². The lowest BCUT2D eigenvalue weighted by molar-refractivity contribution is 0.415. The quantitative estimate of drug-likeness (QED) is 0.846. The standard InChI is InChI=1S/C18H20N2O/c1-3-8-16(14-9-5-4-6-10-14)20-18-15(13-19)11-7-12-17(18)21-2/h4-7,9-12,16,20H,3,8H2,1-2H3. The average molecular weight is 280 g/mol. The van der Waals surface area contributed by atoms with Gasteiger partial charge < -0.3 is 10.1 Å². The molecule has 0 amide bonds. The molecule has 1 atom stereocenters. The smallest absolute Gasteiger partial charge is 0.143 e. The zero-order valence-corrected chi connectivity index (χ0v) is 12.5. The topological polar surface area (TPSA) is 45.0 Å². The Morgan fingerprint density at radius 3 is 2.52 bits per heavy atom. The molecule has 0 saturated carbocycles. The first-order chi connectivity index (χ1) is 10.3. The number of rotatable bonds is 6. The van der Waals surface area contributed by atoms with Gasteiger partial charge in [-0.25, -0.2) is 0 Å². The summed E-state index contributed by atoms with van der Waals surface area (Å²) in [6.07, 6.45) is 2.05. The van der Waals surface area contributed by atoms with Gasteiger partial charge in [0.05, 0.1) is 24.4 Å². The molecule has 3 nitrogen and oxygen atoms in total. The minimum Gasteiger partial charge on any atom is -0.495 e. The van der Waals surface area contributed by atoms with Crippen molar-refractivity contribution in [3.63, 3.8) is 0 Å². The highest BCUT2D eigenvalue weighted by Gasteiger charge is 2.15. The number of benzene rings is 2. The van der Waals surface area contributed by atoms with Crippen molar-refractivity contribution in [2.75, 3.05) is 12.4 Å². The van der Waals surface area contributed by atoms with Crippen LogP contribution in [0, 0.1) is 11.3 Å². The summed E-state index contributed by atoms with van der Waals surface area (Å²) < 4.78 is 5.39. The minimum atomic E-state index is 0.166.